The molecule has 4 heteroatoms. The maximum atomic E-state index is 11.4. The Hall–Kier alpha value is -0.870. The highest BCUT2D eigenvalue weighted by atomic mass is 79.9. The summed E-state index contributed by atoms with van der Waals surface area (Å²) in [7, 11) is 0. The summed E-state index contributed by atoms with van der Waals surface area (Å²) in [5.74, 6) is -0.686. The topological polar surface area (TPSA) is 40.5 Å². The van der Waals surface area contributed by atoms with Crippen LogP contribution in [0.4, 0.5) is 0 Å². The zero-order valence-electron chi connectivity index (χ0n) is 11.2. The molecule has 1 N–H and O–H groups in total. The average molecular weight is 326 g/mol. The molecule has 0 saturated carbocycles. The van der Waals surface area contributed by atoms with Crippen LogP contribution in [0.25, 0.3) is 0 Å². The van der Waals surface area contributed by atoms with Gasteiger partial charge in [-0.25, -0.2) is 0 Å². The molecule has 0 amide bonds. The van der Waals surface area contributed by atoms with Gasteiger partial charge >= 0.3 is 5.97 Å². The largest absolute Gasteiger partial charge is 0.480 e. The number of halogens is 1. The SMILES string of the molecule is Cc1ccc(Br)cc1CCC(C(=O)O)N1CCCC1. The summed E-state index contributed by atoms with van der Waals surface area (Å²) >= 11 is 3.47. The van der Waals surface area contributed by atoms with Gasteiger partial charge in [0.05, 0.1) is 0 Å². The van der Waals surface area contributed by atoms with Gasteiger partial charge in [-0.3, -0.25) is 9.69 Å². The summed E-state index contributed by atoms with van der Waals surface area (Å²) in [6.07, 6.45) is 3.75. The van der Waals surface area contributed by atoms with Crippen molar-refractivity contribution >= 4 is 21.9 Å². The minimum absolute atomic E-state index is 0.333. The molecule has 1 atom stereocenters. The Morgan fingerprint density at radius 1 is 1.42 bits per heavy atom. The third kappa shape index (κ3) is 3.80. The van der Waals surface area contributed by atoms with E-state index in [1.165, 1.54) is 11.1 Å². The normalized spacial score (nSPS) is 17.6. The van der Waals surface area contributed by atoms with Crippen LogP contribution in [0.5, 0.6) is 0 Å². The van der Waals surface area contributed by atoms with E-state index in [1.54, 1.807) is 0 Å². The minimum atomic E-state index is -0.686. The number of hydrogen-bond acceptors (Lipinski definition) is 2. The summed E-state index contributed by atoms with van der Waals surface area (Å²) in [5, 5.41) is 9.38. The number of hydrogen-bond donors (Lipinski definition) is 1. The molecule has 1 aromatic rings. The van der Waals surface area contributed by atoms with E-state index in [2.05, 4.69) is 39.9 Å². The van der Waals surface area contributed by atoms with Gasteiger partial charge in [0.2, 0.25) is 0 Å². The van der Waals surface area contributed by atoms with Crippen molar-refractivity contribution in [3.63, 3.8) is 0 Å². The van der Waals surface area contributed by atoms with E-state index >= 15 is 0 Å². The lowest BCUT2D eigenvalue weighted by molar-refractivity contribution is -0.143. The van der Waals surface area contributed by atoms with Crippen LogP contribution < -0.4 is 0 Å². The summed E-state index contributed by atoms with van der Waals surface area (Å²) in [5.41, 5.74) is 2.47. The molecule has 1 aliphatic heterocycles. The molecule has 0 aromatic heterocycles. The third-order valence-corrected chi connectivity index (χ3v) is 4.36. The Morgan fingerprint density at radius 2 is 2.11 bits per heavy atom. The number of aliphatic carboxylic acids is 1. The van der Waals surface area contributed by atoms with Gasteiger partial charge in [-0.15, -0.1) is 0 Å². The van der Waals surface area contributed by atoms with Crippen LogP contribution in [0.3, 0.4) is 0 Å². The number of rotatable bonds is 5. The van der Waals surface area contributed by atoms with Crippen LogP contribution in [-0.4, -0.2) is 35.1 Å². The third-order valence-electron chi connectivity index (χ3n) is 3.86. The highest BCUT2D eigenvalue weighted by Gasteiger charge is 2.27. The van der Waals surface area contributed by atoms with Crippen molar-refractivity contribution in [3.8, 4) is 0 Å². The molecular formula is C15H20BrNO2. The van der Waals surface area contributed by atoms with E-state index in [-0.39, 0.29) is 6.04 Å². The molecule has 0 aliphatic carbocycles. The van der Waals surface area contributed by atoms with Crippen molar-refractivity contribution in [2.75, 3.05) is 13.1 Å². The highest BCUT2D eigenvalue weighted by molar-refractivity contribution is 9.10. The number of carboxylic acid groups (broad SMARTS) is 1. The van der Waals surface area contributed by atoms with Crippen LogP contribution in [0, 0.1) is 6.92 Å². The van der Waals surface area contributed by atoms with Gasteiger partial charge in [0.25, 0.3) is 0 Å². The Labute approximate surface area is 122 Å². The molecule has 0 bridgehead atoms. The molecule has 2 rings (SSSR count). The summed E-state index contributed by atoms with van der Waals surface area (Å²) < 4.78 is 1.06. The number of nitrogens with zero attached hydrogens (tertiary/aromatic N) is 1. The zero-order valence-corrected chi connectivity index (χ0v) is 12.8. The Balaban J connectivity index is 2.02. The molecule has 1 heterocycles. The number of carbonyl (C=O) groups is 1. The molecule has 0 radical (unpaired) electrons. The van der Waals surface area contributed by atoms with E-state index in [4.69, 9.17) is 0 Å². The van der Waals surface area contributed by atoms with Crippen LogP contribution in [0.2, 0.25) is 0 Å². The lowest BCUT2D eigenvalue weighted by atomic mass is 10.0. The van der Waals surface area contributed by atoms with Crippen LogP contribution in [0.15, 0.2) is 22.7 Å². The lowest BCUT2D eigenvalue weighted by Crippen LogP contribution is -2.39. The number of aryl methyl sites for hydroxylation is 2. The average Bonchev–Trinajstić information content (AvgIpc) is 2.87. The first-order chi connectivity index (χ1) is 9.08. The van der Waals surface area contributed by atoms with E-state index in [0.29, 0.717) is 6.42 Å². The smallest absolute Gasteiger partial charge is 0.320 e. The number of carboxylic acids is 1. The first kappa shape index (κ1) is 14.5. The Bertz CT molecular complexity index is 455. The predicted molar refractivity (Wildman–Crippen MR) is 79.4 cm³/mol. The fraction of sp³-hybridized carbons (Fsp3) is 0.533. The maximum Gasteiger partial charge on any atom is 0.320 e. The summed E-state index contributed by atoms with van der Waals surface area (Å²) in [6, 6.07) is 5.86. The van der Waals surface area contributed by atoms with Crippen molar-refractivity contribution in [2.24, 2.45) is 0 Å². The molecule has 1 unspecified atom stereocenters. The van der Waals surface area contributed by atoms with Crippen LogP contribution in [-0.2, 0) is 11.2 Å². The van der Waals surface area contributed by atoms with Gasteiger partial charge in [0.1, 0.15) is 6.04 Å². The fourth-order valence-corrected chi connectivity index (χ4v) is 3.13. The number of benzene rings is 1. The van der Waals surface area contributed by atoms with Gasteiger partial charge in [0.15, 0.2) is 0 Å². The van der Waals surface area contributed by atoms with Crippen molar-refractivity contribution in [1.82, 2.24) is 4.90 Å². The maximum absolute atomic E-state index is 11.4. The molecular weight excluding hydrogens is 306 g/mol. The first-order valence-electron chi connectivity index (χ1n) is 6.80. The molecule has 1 fully saturated rings. The minimum Gasteiger partial charge on any atom is -0.480 e. The second-order valence-electron chi connectivity index (χ2n) is 5.21. The van der Waals surface area contributed by atoms with E-state index in [1.807, 2.05) is 6.07 Å². The van der Waals surface area contributed by atoms with Gasteiger partial charge in [0, 0.05) is 4.47 Å². The second kappa shape index (κ2) is 6.53. The van der Waals surface area contributed by atoms with E-state index < -0.39 is 5.97 Å². The molecule has 104 valence electrons. The first-order valence-corrected chi connectivity index (χ1v) is 7.59. The molecule has 1 saturated heterocycles. The monoisotopic (exact) mass is 325 g/mol. The van der Waals surface area contributed by atoms with E-state index in [0.717, 1.165) is 36.8 Å². The van der Waals surface area contributed by atoms with Gasteiger partial charge in [-0.05, 0) is 69.0 Å². The lowest BCUT2D eigenvalue weighted by Gasteiger charge is -2.23. The van der Waals surface area contributed by atoms with Crippen molar-refractivity contribution in [3.05, 3.63) is 33.8 Å². The van der Waals surface area contributed by atoms with Crippen LogP contribution >= 0.6 is 15.9 Å². The van der Waals surface area contributed by atoms with E-state index in [9.17, 15) is 9.90 Å². The quantitative estimate of drug-likeness (QED) is 0.903. The zero-order chi connectivity index (χ0) is 13.8. The second-order valence-corrected chi connectivity index (χ2v) is 6.12. The molecule has 3 nitrogen and oxygen atoms in total. The molecule has 0 spiro atoms. The van der Waals surface area contributed by atoms with Crippen molar-refractivity contribution < 1.29 is 9.90 Å². The van der Waals surface area contributed by atoms with Crippen LogP contribution in [0.1, 0.15) is 30.4 Å². The molecule has 19 heavy (non-hydrogen) atoms. The highest BCUT2D eigenvalue weighted by Crippen LogP contribution is 2.21. The predicted octanol–water partition coefficient (Wildman–Crippen LogP) is 3.24. The van der Waals surface area contributed by atoms with Crippen molar-refractivity contribution in [1.29, 1.82) is 0 Å². The molecule has 1 aliphatic rings. The summed E-state index contributed by atoms with van der Waals surface area (Å²) in [4.78, 5) is 13.5. The Morgan fingerprint density at radius 3 is 2.74 bits per heavy atom. The Kier molecular flexibility index (Phi) is 4.99. The fourth-order valence-electron chi connectivity index (χ4n) is 2.72. The standard InChI is InChI=1S/C15H20BrNO2/c1-11-4-6-13(16)10-12(11)5-7-14(15(18)19)17-8-2-3-9-17/h4,6,10,14H,2-3,5,7-9H2,1H3,(H,18,19). The summed E-state index contributed by atoms with van der Waals surface area (Å²) in [6.45, 7) is 3.93. The molecule has 1 aromatic carbocycles. The van der Waals surface area contributed by atoms with Crippen molar-refractivity contribution in [2.45, 2.75) is 38.6 Å². The van der Waals surface area contributed by atoms with Gasteiger partial charge in [-0.1, -0.05) is 22.0 Å². The number of likely N-dealkylation sites (tertiary alicyclic amines) is 1. The van der Waals surface area contributed by atoms with Gasteiger partial charge < -0.3 is 5.11 Å². The van der Waals surface area contributed by atoms with Gasteiger partial charge in [-0.2, -0.15) is 0 Å².